The van der Waals surface area contributed by atoms with Crippen molar-refractivity contribution in [2.45, 2.75) is 51.1 Å². The number of aromatic nitrogens is 3. The van der Waals surface area contributed by atoms with E-state index >= 15 is 0 Å². The van der Waals surface area contributed by atoms with E-state index in [0.717, 1.165) is 52.0 Å². The molecule has 0 radical (unpaired) electrons. The molecule has 2 aliphatic heterocycles. The summed E-state index contributed by atoms with van der Waals surface area (Å²) in [5, 5.41) is 10.1. The van der Waals surface area contributed by atoms with Gasteiger partial charge in [-0.3, -0.25) is 4.90 Å². The van der Waals surface area contributed by atoms with Crippen molar-refractivity contribution in [3.63, 3.8) is 0 Å². The Kier molecular flexibility index (Phi) is 8.34. The maximum atomic E-state index is 14.2. The number of nitrogens with zero attached hydrogens (tertiary/aromatic N) is 5. The lowest BCUT2D eigenvalue weighted by molar-refractivity contribution is 0.277. The monoisotopic (exact) mass is 472 g/mol. The third kappa shape index (κ3) is 6.44. The maximum absolute atomic E-state index is 14.2. The van der Waals surface area contributed by atoms with E-state index in [9.17, 15) is 4.39 Å². The van der Waals surface area contributed by atoms with Crippen LogP contribution in [0, 0.1) is 5.82 Å². The van der Waals surface area contributed by atoms with Crippen molar-refractivity contribution >= 4 is 23.5 Å². The van der Waals surface area contributed by atoms with E-state index in [1.165, 1.54) is 26.0 Å². The van der Waals surface area contributed by atoms with Crippen LogP contribution in [0.25, 0.3) is 0 Å². The van der Waals surface area contributed by atoms with Crippen molar-refractivity contribution in [2.75, 3.05) is 62.8 Å². The Labute approximate surface area is 201 Å². The highest BCUT2D eigenvalue weighted by Gasteiger charge is 2.23. The second-order valence-corrected chi connectivity index (χ2v) is 9.16. The van der Waals surface area contributed by atoms with Crippen molar-refractivity contribution < 1.29 is 9.13 Å². The number of anilines is 4. The van der Waals surface area contributed by atoms with E-state index in [0.29, 0.717) is 35.6 Å². The van der Waals surface area contributed by atoms with Crippen molar-refractivity contribution in [2.24, 2.45) is 0 Å². The summed E-state index contributed by atoms with van der Waals surface area (Å²) in [5.41, 5.74) is 0.547. The van der Waals surface area contributed by atoms with E-state index in [1.807, 2.05) is 0 Å². The SMILES string of the molecule is CCN1CCCC1CNc1nc(Nc2ccc(OC)c(F)c2)nc(NC2CCCN(C)CC2)n1. The normalized spacial score (nSPS) is 21.8. The molecule has 2 atom stereocenters. The minimum absolute atomic E-state index is 0.196. The van der Waals surface area contributed by atoms with E-state index in [-0.39, 0.29) is 5.75 Å². The molecule has 3 N–H and O–H groups in total. The topological polar surface area (TPSA) is 90.5 Å². The maximum Gasteiger partial charge on any atom is 0.233 e. The fraction of sp³-hybridized carbons (Fsp3) is 0.625. The number of methoxy groups -OCH3 is 1. The van der Waals surface area contributed by atoms with Crippen LogP contribution in [0.1, 0.15) is 39.0 Å². The molecule has 2 aromatic rings. The van der Waals surface area contributed by atoms with Gasteiger partial charge in [-0.25, -0.2) is 4.39 Å². The van der Waals surface area contributed by atoms with E-state index in [1.54, 1.807) is 12.1 Å². The van der Waals surface area contributed by atoms with Gasteiger partial charge in [0.05, 0.1) is 7.11 Å². The van der Waals surface area contributed by atoms with Crippen LogP contribution in [0.4, 0.5) is 27.9 Å². The number of halogens is 1. The lowest BCUT2D eigenvalue weighted by Crippen LogP contribution is -2.35. The number of rotatable bonds is 9. The first-order valence-electron chi connectivity index (χ1n) is 12.3. The molecule has 9 nitrogen and oxygen atoms in total. The van der Waals surface area contributed by atoms with E-state index in [2.05, 4.69) is 54.7 Å². The minimum Gasteiger partial charge on any atom is -0.494 e. The molecule has 186 valence electrons. The molecule has 1 aromatic carbocycles. The number of likely N-dealkylation sites (tertiary alicyclic amines) is 2. The molecule has 0 saturated carbocycles. The lowest BCUT2D eigenvalue weighted by Gasteiger charge is -2.23. The molecule has 2 aliphatic rings. The van der Waals surface area contributed by atoms with Crippen LogP contribution >= 0.6 is 0 Å². The van der Waals surface area contributed by atoms with Crippen molar-refractivity contribution in [3.8, 4) is 5.75 Å². The highest BCUT2D eigenvalue weighted by molar-refractivity contribution is 5.57. The highest BCUT2D eigenvalue weighted by Crippen LogP contribution is 2.24. The van der Waals surface area contributed by atoms with Gasteiger partial charge in [-0.2, -0.15) is 15.0 Å². The van der Waals surface area contributed by atoms with Crippen molar-refractivity contribution in [3.05, 3.63) is 24.0 Å². The quantitative estimate of drug-likeness (QED) is 0.507. The lowest BCUT2D eigenvalue weighted by atomic mass is 10.1. The zero-order valence-electron chi connectivity index (χ0n) is 20.5. The fourth-order valence-electron chi connectivity index (χ4n) is 4.77. The van der Waals surface area contributed by atoms with Gasteiger partial charge in [-0.1, -0.05) is 6.92 Å². The summed E-state index contributed by atoms with van der Waals surface area (Å²) in [7, 11) is 3.61. The van der Waals surface area contributed by atoms with Gasteiger partial charge in [0.1, 0.15) is 0 Å². The Morgan fingerprint density at radius 2 is 1.82 bits per heavy atom. The Morgan fingerprint density at radius 1 is 1.03 bits per heavy atom. The fourth-order valence-corrected chi connectivity index (χ4v) is 4.77. The number of benzene rings is 1. The van der Waals surface area contributed by atoms with Crippen LogP contribution in [-0.4, -0.2) is 83.7 Å². The smallest absolute Gasteiger partial charge is 0.233 e. The molecule has 2 fully saturated rings. The largest absolute Gasteiger partial charge is 0.494 e. The molecule has 3 heterocycles. The second-order valence-electron chi connectivity index (χ2n) is 9.16. The molecule has 1 aromatic heterocycles. The van der Waals surface area contributed by atoms with E-state index in [4.69, 9.17) is 4.74 Å². The zero-order valence-corrected chi connectivity index (χ0v) is 20.5. The molecular formula is C24H37FN8O. The zero-order chi connectivity index (χ0) is 23.9. The minimum atomic E-state index is -0.443. The second kappa shape index (κ2) is 11.6. The number of ether oxygens (including phenoxy) is 1. The van der Waals surface area contributed by atoms with E-state index < -0.39 is 5.82 Å². The number of likely N-dealkylation sites (N-methyl/N-ethyl adjacent to an activating group) is 1. The van der Waals surface area contributed by atoms with Gasteiger partial charge in [0.15, 0.2) is 11.6 Å². The Morgan fingerprint density at radius 3 is 2.62 bits per heavy atom. The average Bonchev–Trinajstić information content (AvgIpc) is 3.19. The standard InChI is InChI=1S/C24H37FN8O/c1-4-33-13-6-8-19(33)16-26-22-29-23(27-17-7-5-12-32(2)14-11-17)31-24(30-22)28-18-9-10-21(34-3)20(25)15-18/h9-10,15,17,19H,4-8,11-14,16H2,1-3H3,(H3,26,27,28,29,30,31). The van der Waals surface area contributed by atoms with Crippen LogP contribution < -0.4 is 20.7 Å². The summed E-state index contributed by atoms with van der Waals surface area (Å²) < 4.78 is 19.2. The van der Waals surface area contributed by atoms with Crippen molar-refractivity contribution in [1.29, 1.82) is 0 Å². The molecule has 4 rings (SSSR count). The molecule has 0 bridgehead atoms. The van der Waals surface area contributed by atoms with Gasteiger partial charge in [-0.15, -0.1) is 0 Å². The summed E-state index contributed by atoms with van der Waals surface area (Å²) in [6.07, 6.45) is 5.62. The average molecular weight is 473 g/mol. The first kappa shape index (κ1) is 24.4. The number of hydrogen-bond donors (Lipinski definition) is 3. The summed E-state index contributed by atoms with van der Waals surface area (Å²) in [6, 6.07) is 5.48. The van der Waals surface area contributed by atoms with Gasteiger partial charge in [-0.05, 0) is 77.5 Å². The molecular weight excluding hydrogens is 435 g/mol. The first-order valence-corrected chi connectivity index (χ1v) is 12.3. The van der Waals surface area contributed by atoms with Crippen LogP contribution in [0.3, 0.4) is 0 Å². The number of hydrogen-bond acceptors (Lipinski definition) is 9. The van der Waals surface area contributed by atoms with Gasteiger partial charge in [0.25, 0.3) is 0 Å². The molecule has 2 unspecified atom stereocenters. The Bertz CT molecular complexity index is 945. The first-order chi connectivity index (χ1) is 16.5. The molecule has 10 heteroatoms. The van der Waals surface area contributed by atoms with Crippen LogP contribution in [0.15, 0.2) is 18.2 Å². The van der Waals surface area contributed by atoms with Gasteiger partial charge in [0.2, 0.25) is 17.8 Å². The van der Waals surface area contributed by atoms with Gasteiger partial charge >= 0.3 is 0 Å². The predicted octanol–water partition coefficient (Wildman–Crippen LogP) is 3.56. The van der Waals surface area contributed by atoms with Gasteiger partial charge < -0.3 is 25.6 Å². The van der Waals surface area contributed by atoms with Crippen LogP contribution in [0.5, 0.6) is 5.75 Å². The molecule has 0 spiro atoms. The summed E-state index contributed by atoms with van der Waals surface area (Å²) in [6.45, 7) is 7.30. The Hall–Kier alpha value is -2.72. The molecule has 2 saturated heterocycles. The number of nitrogens with one attached hydrogen (secondary N) is 3. The Balaban J connectivity index is 1.51. The van der Waals surface area contributed by atoms with Crippen LogP contribution in [-0.2, 0) is 0 Å². The van der Waals surface area contributed by atoms with Gasteiger partial charge in [0, 0.05) is 30.4 Å². The highest BCUT2D eigenvalue weighted by atomic mass is 19.1. The summed E-state index contributed by atoms with van der Waals surface area (Å²) in [5.74, 6) is 1.17. The van der Waals surface area contributed by atoms with Crippen molar-refractivity contribution in [1.82, 2.24) is 24.8 Å². The van der Waals surface area contributed by atoms with Crippen LogP contribution in [0.2, 0.25) is 0 Å². The summed E-state index contributed by atoms with van der Waals surface area (Å²) >= 11 is 0. The third-order valence-corrected chi connectivity index (χ3v) is 6.73. The third-order valence-electron chi connectivity index (χ3n) is 6.73. The summed E-state index contributed by atoms with van der Waals surface area (Å²) in [4.78, 5) is 18.7. The predicted molar refractivity (Wildman–Crippen MR) is 134 cm³/mol. The molecule has 0 amide bonds. The molecule has 34 heavy (non-hydrogen) atoms. The molecule has 0 aliphatic carbocycles.